The van der Waals surface area contributed by atoms with Gasteiger partial charge < -0.3 is 37.5 Å². The maximum Gasteiger partial charge on any atom is 0.259 e. The second-order valence-corrected chi connectivity index (χ2v) is 13.6. The van der Waals surface area contributed by atoms with Gasteiger partial charge in [-0.15, -0.1) is 0 Å². The van der Waals surface area contributed by atoms with Crippen molar-refractivity contribution in [2.45, 2.75) is 70.1 Å². The summed E-state index contributed by atoms with van der Waals surface area (Å²) in [6.07, 6.45) is -1.15. The maximum absolute atomic E-state index is 9.25. The molecule has 0 bridgehead atoms. The maximum atomic E-state index is 9.25. The van der Waals surface area contributed by atoms with Gasteiger partial charge in [-0.2, -0.15) is 5.26 Å². The van der Waals surface area contributed by atoms with Crippen molar-refractivity contribution in [1.29, 1.82) is 5.26 Å². The van der Waals surface area contributed by atoms with E-state index >= 15 is 0 Å². The van der Waals surface area contributed by atoms with Crippen LogP contribution in [0.25, 0.3) is 0 Å². The number of methoxy groups -OCH3 is 3. The molecule has 0 N–H and O–H groups in total. The van der Waals surface area contributed by atoms with Crippen LogP contribution < -0.4 is 9.47 Å². The lowest BCUT2D eigenvalue weighted by Gasteiger charge is -2.39. The highest BCUT2D eigenvalue weighted by atomic mass is 31.2. The van der Waals surface area contributed by atoms with Crippen LogP contribution in [0.1, 0.15) is 50.8 Å². The van der Waals surface area contributed by atoms with Crippen molar-refractivity contribution in [3.63, 3.8) is 0 Å². The second kappa shape index (κ2) is 19.3. The van der Waals surface area contributed by atoms with Gasteiger partial charge in [0, 0.05) is 19.2 Å². The molecule has 0 radical (unpaired) electrons. The summed E-state index contributed by atoms with van der Waals surface area (Å²) in [5.74, 6) is 1.49. The largest absolute Gasteiger partial charge is 0.497 e. The minimum Gasteiger partial charge on any atom is -0.497 e. The topological polar surface area (TPSA) is 101 Å². The molecule has 266 valence electrons. The molecular formula is C38H51N2O8P. The van der Waals surface area contributed by atoms with Crippen LogP contribution in [0.5, 0.6) is 11.5 Å². The van der Waals surface area contributed by atoms with Gasteiger partial charge >= 0.3 is 0 Å². The van der Waals surface area contributed by atoms with E-state index in [1.807, 2.05) is 66.7 Å². The summed E-state index contributed by atoms with van der Waals surface area (Å²) in [6, 6.07) is 28.5. The fourth-order valence-electron chi connectivity index (χ4n) is 6.03. The first kappa shape index (κ1) is 38.7. The average Bonchev–Trinajstić information content (AvgIpc) is 3.50. The van der Waals surface area contributed by atoms with Crippen LogP contribution in [0.2, 0.25) is 0 Å². The number of hydrogen-bond acceptors (Lipinski definition) is 10. The summed E-state index contributed by atoms with van der Waals surface area (Å²) in [7, 11) is 3.38. The fourth-order valence-corrected chi connectivity index (χ4v) is 7.82. The number of nitrogens with zero attached hydrogens (tertiary/aromatic N) is 2. The molecule has 1 saturated heterocycles. The molecule has 0 saturated carbocycles. The zero-order chi connectivity index (χ0) is 35.2. The third kappa shape index (κ3) is 9.78. The standard InChI is InChI=1S/C38H51N2O8P/c1-28(2)40(29(3)4)49(47-23-11-22-39)48-37-35(44-25-24-41-5)26-45-36(37)27-46-38(30-12-9-8-10-13-30,31-14-18-33(42-6)19-15-31)32-16-20-34(43-7)21-17-32/h8-10,12-21,28-29,35-37H,11,23-27H2,1-7H3/t35-,36+,37-,49?/m0/s1. The number of rotatable bonds is 20. The first-order valence-electron chi connectivity index (χ1n) is 16.7. The Labute approximate surface area is 293 Å². The van der Waals surface area contributed by atoms with Gasteiger partial charge in [0.15, 0.2) is 0 Å². The van der Waals surface area contributed by atoms with E-state index in [4.69, 9.17) is 37.5 Å². The molecule has 0 amide bonds. The molecule has 1 heterocycles. The van der Waals surface area contributed by atoms with Crippen molar-refractivity contribution in [3.05, 3.63) is 95.6 Å². The Balaban J connectivity index is 1.76. The van der Waals surface area contributed by atoms with E-state index in [2.05, 4.69) is 50.6 Å². The molecular weight excluding hydrogens is 643 g/mol. The summed E-state index contributed by atoms with van der Waals surface area (Å²) in [5, 5.41) is 9.25. The van der Waals surface area contributed by atoms with Crippen molar-refractivity contribution >= 4 is 8.53 Å². The normalized spacial score (nSPS) is 18.6. The van der Waals surface area contributed by atoms with E-state index < -0.39 is 26.3 Å². The quantitative estimate of drug-likeness (QED) is 0.0692. The molecule has 3 aromatic rings. The van der Waals surface area contributed by atoms with Gasteiger partial charge in [0.25, 0.3) is 8.53 Å². The summed E-state index contributed by atoms with van der Waals surface area (Å²) >= 11 is 0. The van der Waals surface area contributed by atoms with Crippen LogP contribution >= 0.6 is 8.53 Å². The zero-order valence-corrected chi connectivity index (χ0v) is 30.6. The molecule has 4 atom stereocenters. The van der Waals surface area contributed by atoms with E-state index in [1.54, 1.807) is 21.3 Å². The monoisotopic (exact) mass is 694 g/mol. The van der Waals surface area contributed by atoms with Gasteiger partial charge in [-0.1, -0.05) is 54.6 Å². The molecule has 1 fully saturated rings. The molecule has 0 spiro atoms. The third-order valence-electron chi connectivity index (χ3n) is 8.34. The number of nitriles is 1. The molecule has 11 heteroatoms. The number of ether oxygens (including phenoxy) is 6. The van der Waals surface area contributed by atoms with E-state index in [0.717, 1.165) is 28.2 Å². The van der Waals surface area contributed by atoms with Gasteiger partial charge in [-0.3, -0.25) is 0 Å². The van der Waals surface area contributed by atoms with Crippen LogP contribution in [0.3, 0.4) is 0 Å². The summed E-state index contributed by atoms with van der Waals surface area (Å²) in [4.78, 5) is 0. The summed E-state index contributed by atoms with van der Waals surface area (Å²) in [5.41, 5.74) is 1.75. The Morgan fingerprint density at radius 1 is 0.816 bits per heavy atom. The lowest BCUT2D eigenvalue weighted by molar-refractivity contribution is -0.0730. The highest BCUT2D eigenvalue weighted by molar-refractivity contribution is 7.44. The fraction of sp³-hybridized carbons (Fsp3) is 0.500. The molecule has 10 nitrogen and oxygen atoms in total. The van der Waals surface area contributed by atoms with Crippen molar-refractivity contribution in [1.82, 2.24) is 4.67 Å². The van der Waals surface area contributed by atoms with Crippen LogP contribution in [0, 0.1) is 11.3 Å². The minimum absolute atomic E-state index is 0.133. The van der Waals surface area contributed by atoms with Crippen molar-refractivity contribution < 1.29 is 37.5 Å². The van der Waals surface area contributed by atoms with Crippen molar-refractivity contribution in [2.75, 3.05) is 54.4 Å². The highest BCUT2D eigenvalue weighted by Gasteiger charge is 2.46. The molecule has 3 aromatic carbocycles. The highest BCUT2D eigenvalue weighted by Crippen LogP contribution is 2.49. The summed E-state index contributed by atoms with van der Waals surface area (Å²) < 4.78 is 51.6. The van der Waals surface area contributed by atoms with Crippen LogP contribution in [0.4, 0.5) is 0 Å². The van der Waals surface area contributed by atoms with E-state index in [-0.39, 0.29) is 37.8 Å². The van der Waals surface area contributed by atoms with Crippen LogP contribution in [0.15, 0.2) is 78.9 Å². The Kier molecular flexibility index (Phi) is 15.3. The number of hydrogen-bond donors (Lipinski definition) is 0. The molecule has 1 aliphatic rings. The molecule has 1 aliphatic heterocycles. The first-order valence-corrected chi connectivity index (χ1v) is 17.9. The Hall–Kier alpha value is -3.10. The lowest BCUT2D eigenvalue weighted by atomic mass is 9.80. The predicted molar refractivity (Wildman–Crippen MR) is 190 cm³/mol. The van der Waals surface area contributed by atoms with Crippen LogP contribution in [-0.4, -0.2) is 89.4 Å². The van der Waals surface area contributed by atoms with E-state index in [1.165, 1.54) is 0 Å². The average molecular weight is 695 g/mol. The predicted octanol–water partition coefficient (Wildman–Crippen LogP) is 7.10. The van der Waals surface area contributed by atoms with Crippen molar-refractivity contribution in [3.8, 4) is 17.6 Å². The summed E-state index contributed by atoms with van der Waals surface area (Å²) in [6.45, 7) is 10.0. The number of benzene rings is 3. The van der Waals surface area contributed by atoms with Crippen LogP contribution in [-0.2, 0) is 33.6 Å². The molecule has 4 rings (SSSR count). The van der Waals surface area contributed by atoms with Gasteiger partial charge in [0.1, 0.15) is 35.4 Å². The Morgan fingerprint density at radius 2 is 1.39 bits per heavy atom. The van der Waals surface area contributed by atoms with Gasteiger partial charge in [0.05, 0.1) is 59.7 Å². The lowest BCUT2D eigenvalue weighted by Crippen LogP contribution is -2.43. The second-order valence-electron chi connectivity index (χ2n) is 12.2. The SMILES string of the molecule is COCCO[C@H]1CO[C@H](COC(c2ccccc2)(c2ccc(OC)cc2)c2ccc(OC)cc2)[C@H]1OP(OCCC#N)N(C(C)C)C(C)C. The van der Waals surface area contributed by atoms with Crippen molar-refractivity contribution in [2.24, 2.45) is 0 Å². The first-order chi connectivity index (χ1) is 23.8. The van der Waals surface area contributed by atoms with Gasteiger partial charge in [-0.05, 0) is 68.7 Å². The molecule has 1 unspecified atom stereocenters. The van der Waals surface area contributed by atoms with E-state index in [0.29, 0.717) is 19.8 Å². The molecule has 0 aliphatic carbocycles. The Morgan fingerprint density at radius 3 is 1.90 bits per heavy atom. The molecule has 49 heavy (non-hydrogen) atoms. The third-order valence-corrected chi connectivity index (χ3v) is 10.5. The van der Waals surface area contributed by atoms with E-state index in [9.17, 15) is 5.26 Å². The molecule has 0 aromatic heterocycles. The minimum atomic E-state index is -1.57. The van der Waals surface area contributed by atoms with Gasteiger partial charge in [-0.25, -0.2) is 4.67 Å². The zero-order valence-electron chi connectivity index (χ0n) is 29.7. The van der Waals surface area contributed by atoms with Gasteiger partial charge in [0.2, 0.25) is 0 Å². The Bertz CT molecular complexity index is 1360. The smallest absolute Gasteiger partial charge is 0.259 e.